The minimum atomic E-state index is 0.334. The summed E-state index contributed by atoms with van der Waals surface area (Å²) in [5, 5.41) is 3.67. The van der Waals surface area contributed by atoms with Crippen LogP contribution in [-0.2, 0) is 0 Å². The Balaban J connectivity index is 2.33. The second-order valence-electron chi connectivity index (χ2n) is 5.38. The number of methoxy groups -OCH3 is 2. The number of hydrogen-bond acceptors (Lipinski definition) is 3. The van der Waals surface area contributed by atoms with Crippen molar-refractivity contribution in [3.8, 4) is 11.5 Å². The summed E-state index contributed by atoms with van der Waals surface area (Å²) >= 11 is 0. The molecular weight excluding hydrogens is 238 g/mol. The van der Waals surface area contributed by atoms with Gasteiger partial charge in [-0.2, -0.15) is 0 Å². The molecule has 3 atom stereocenters. The summed E-state index contributed by atoms with van der Waals surface area (Å²) in [4.78, 5) is 0. The highest BCUT2D eigenvalue weighted by Crippen LogP contribution is 2.50. The number of benzene rings is 1. The SMILES string of the molecule is CCCNC(c1c(OC)cccc1OC)C1CC1C. The van der Waals surface area contributed by atoms with E-state index >= 15 is 0 Å². The second kappa shape index (κ2) is 6.29. The molecule has 1 N–H and O–H groups in total. The van der Waals surface area contributed by atoms with Crippen LogP contribution in [0.25, 0.3) is 0 Å². The normalized spacial score (nSPS) is 22.9. The van der Waals surface area contributed by atoms with Gasteiger partial charge in [-0.1, -0.05) is 19.9 Å². The molecule has 106 valence electrons. The zero-order valence-corrected chi connectivity index (χ0v) is 12.4. The van der Waals surface area contributed by atoms with Crippen LogP contribution >= 0.6 is 0 Å². The van der Waals surface area contributed by atoms with Crippen molar-refractivity contribution in [2.75, 3.05) is 20.8 Å². The Kier molecular flexibility index (Phi) is 4.70. The highest BCUT2D eigenvalue weighted by molar-refractivity contribution is 5.47. The van der Waals surface area contributed by atoms with Gasteiger partial charge < -0.3 is 14.8 Å². The molecule has 0 aromatic heterocycles. The summed E-state index contributed by atoms with van der Waals surface area (Å²) < 4.78 is 11.1. The minimum Gasteiger partial charge on any atom is -0.496 e. The molecule has 3 nitrogen and oxygen atoms in total. The fraction of sp³-hybridized carbons (Fsp3) is 0.625. The molecule has 1 aliphatic carbocycles. The summed E-state index contributed by atoms with van der Waals surface area (Å²) in [6, 6.07) is 6.35. The zero-order chi connectivity index (χ0) is 13.8. The molecule has 0 radical (unpaired) electrons. The summed E-state index contributed by atoms with van der Waals surface area (Å²) in [5.74, 6) is 3.32. The van der Waals surface area contributed by atoms with Crippen LogP contribution in [0.2, 0.25) is 0 Å². The van der Waals surface area contributed by atoms with Gasteiger partial charge in [-0.05, 0) is 43.4 Å². The van der Waals surface area contributed by atoms with Crippen LogP contribution in [0.15, 0.2) is 18.2 Å². The van der Waals surface area contributed by atoms with Gasteiger partial charge in [0.15, 0.2) is 0 Å². The van der Waals surface area contributed by atoms with Gasteiger partial charge in [-0.3, -0.25) is 0 Å². The van der Waals surface area contributed by atoms with Crippen molar-refractivity contribution in [3.05, 3.63) is 23.8 Å². The van der Waals surface area contributed by atoms with Gasteiger partial charge in [-0.15, -0.1) is 0 Å². The molecule has 1 aliphatic rings. The monoisotopic (exact) mass is 263 g/mol. The average Bonchev–Trinajstić information content (AvgIpc) is 3.16. The first kappa shape index (κ1) is 14.2. The van der Waals surface area contributed by atoms with E-state index in [9.17, 15) is 0 Å². The molecule has 19 heavy (non-hydrogen) atoms. The molecule has 1 aromatic rings. The summed E-state index contributed by atoms with van der Waals surface area (Å²) in [6.45, 7) is 5.53. The summed E-state index contributed by atoms with van der Waals surface area (Å²) in [6.07, 6.45) is 2.41. The van der Waals surface area contributed by atoms with Crippen LogP contribution in [0, 0.1) is 11.8 Å². The molecule has 1 fully saturated rings. The van der Waals surface area contributed by atoms with Gasteiger partial charge >= 0.3 is 0 Å². The Bertz CT molecular complexity index is 397. The van der Waals surface area contributed by atoms with E-state index < -0.39 is 0 Å². The van der Waals surface area contributed by atoms with Crippen LogP contribution in [0.5, 0.6) is 11.5 Å². The van der Waals surface area contributed by atoms with E-state index in [0.29, 0.717) is 12.0 Å². The predicted octanol–water partition coefficient (Wildman–Crippen LogP) is 3.40. The van der Waals surface area contributed by atoms with Gasteiger partial charge in [0, 0.05) is 6.04 Å². The maximum Gasteiger partial charge on any atom is 0.127 e. The van der Waals surface area contributed by atoms with Crippen LogP contribution < -0.4 is 14.8 Å². The first-order valence-corrected chi connectivity index (χ1v) is 7.17. The van der Waals surface area contributed by atoms with Gasteiger partial charge in [0.2, 0.25) is 0 Å². The average molecular weight is 263 g/mol. The lowest BCUT2D eigenvalue weighted by molar-refractivity contribution is 0.358. The van der Waals surface area contributed by atoms with E-state index in [2.05, 4.69) is 19.2 Å². The maximum absolute atomic E-state index is 5.54. The third kappa shape index (κ3) is 3.03. The molecule has 0 saturated heterocycles. The van der Waals surface area contributed by atoms with E-state index in [0.717, 1.165) is 30.4 Å². The Morgan fingerprint density at radius 1 is 1.26 bits per heavy atom. The molecule has 0 aliphatic heterocycles. The standard InChI is InChI=1S/C16H25NO2/c1-5-9-17-16(12-10-11(12)2)15-13(18-3)7-6-8-14(15)19-4/h6-8,11-12,16-17H,5,9-10H2,1-4H3. The topological polar surface area (TPSA) is 30.5 Å². The van der Waals surface area contributed by atoms with E-state index in [1.165, 1.54) is 12.0 Å². The molecule has 3 unspecified atom stereocenters. The first-order chi connectivity index (χ1) is 9.22. The second-order valence-corrected chi connectivity index (χ2v) is 5.38. The highest BCUT2D eigenvalue weighted by atomic mass is 16.5. The number of rotatable bonds is 7. The van der Waals surface area contributed by atoms with Gasteiger partial charge in [-0.25, -0.2) is 0 Å². The Morgan fingerprint density at radius 3 is 2.26 bits per heavy atom. The Hall–Kier alpha value is -1.22. The van der Waals surface area contributed by atoms with Crippen molar-refractivity contribution in [3.63, 3.8) is 0 Å². The first-order valence-electron chi connectivity index (χ1n) is 7.17. The Labute approximate surface area is 116 Å². The van der Waals surface area contributed by atoms with Crippen LogP contribution in [0.1, 0.15) is 38.3 Å². The third-order valence-electron chi connectivity index (χ3n) is 3.99. The van der Waals surface area contributed by atoms with Crippen molar-refractivity contribution in [1.29, 1.82) is 0 Å². The number of hydrogen-bond donors (Lipinski definition) is 1. The number of ether oxygens (including phenoxy) is 2. The summed E-state index contributed by atoms with van der Waals surface area (Å²) in [7, 11) is 3.46. The van der Waals surface area contributed by atoms with E-state index in [-0.39, 0.29) is 0 Å². The van der Waals surface area contributed by atoms with Crippen molar-refractivity contribution < 1.29 is 9.47 Å². The van der Waals surface area contributed by atoms with Crippen LogP contribution in [-0.4, -0.2) is 20.8 Å². The molecule has 1 aromatic carbocycles. The van der Waals surface area contributed by atoms with Crippen molar-refractivity contribution in [2.45, 2.75) is 32.7 Å². The van der Waals surface area contributed by atoms with Gasteiger partial charge in [0.25, 0.3) is 0 Å². The van der Waals surface area contributed by atoms with Crippen molar-refractivity contribution >= 4 is 0 Å². The third-order valence-corrected chi connectivity index (χ3v) is 3.99. The smallest absolute Gasteiger partial charge is 0.127 e. The molecular formula is C16H25NO2. The maximum atomic E-state index is 5.54. The lowest BCUT2D eigenvalue weighted by Crippen LogP contribution is -2.25. The largest absolute Gasteiger partial charge is 0.496 e. The predicted molar refractivity (Wildman–Crippen MR) is 77.9 cm³/mol. The molecule has 0 amide bonds. The van der Waals surface area contributed by atoms with Gasteiger partial charge in [0.05, 0.1) is 19.8 Å². The van der Waals surface area contributed by atoms with Gasteiger partial charge in [0.1, 0.15) is 11.5 Å². The zero-order valence-electron chi connectivity index (χ0n) is 12.4. The number of nitrogens with one attached hydrogen (secondary N) is 1. The van der Waals surface area contributed by atoms with E-state index in [4.69, 9.17) is 9.47 Å². The van der Waals surface area contributed by atoms with Crippen molar-refractivity contribution in [1.82, 2.24) is 5.32 Å². The summed E-state index contributed by atoms with van der Waals surface area (Å²) in [5.41, 5.74) is 1.18. The molecule has 0 heterocycles. The van der Waals surface area contributed by atoms with Crippen LogP contribution in [0.4, 0.5) is 0 Å². The fourth-order valence-electron chi connectivity index (χ4n) is 2.77. The fourth-order valence-corrected chi connectivity index (χ4v) is 2.77. The minimum absolute atomic E-state index is 0.334. The lowest BCUT2D eigenvalue weighted by Gasteiger charge is -2.23. The molecule has 3 heteroatoms. The molecule has 0 bridgehead atoms. The van der Waals surface area contributed by atoms with Crippen LogP contribution in [0.3, 0.4) is 0 Å². The van der Waals surface area contributed by atoms with E-state index in [1.807, 2.05) is 18.2 Å². The molecule has 2 rings (SSSR count). The quantitative estimate of drug-likeness (QED) is 0.818. The molecule has 1 saturated carbocycles. The van der Waals surface area contributed by atoms with Crippen molar-refractivity contribution in [2.24, 2.45) is 11.8 Å². The lowest BCUT2D eigenvalue weighted by atomic mass is 9.98. The Morgan fingerprint density at radius 2 is 1.84 bits per heavy atom. The highest BCUT2D eigenvalue weighted by Gasteiger charge is 2.42. The molecule has 0 spiro atoms. The van der Waals surface area contributed by atoms with E-state index in [1.54, 1.807) is 14.2 Å².